The summed E-state index contributed by atoms with van der Waals surface area (Å²) >= 11 is 6.22. The number of rotatable bonds is 7. The smallest absolute Gasteiger partial charge is 0.253 e. The minimum absolute atomic E-state index is 0.119. The fourth-order valence-electron chi connectivity index (χ4n) is 3.50. The van der Waals surface area contributed by atoms with E-state index in [9.17, 15) is 9.59 Å². The molecule has 0 radical (unpaired) electrons. The predicted octanol–water partition coefficient (Wildman–Crippen LogP) is 4.11. The molecule has 5 nitrogen and oxygen atoms in total. The Morgan fingerprint density at radius 2 is 1.85 bits per heavy atom. The van der Waals surface area contributed by atoms with E-state index in [1.54, 1.807) is 18.2 Å². The van der Waals surface area contributed by atoms with Crippen LogP contribution in [0, 0.1) is 5.41 Å². The summed E-state index contributed by atoms with van der Waals surface area (Å²) in [6.07, 6.45) is 6.85. The highest BCUT2D eigenvalue weighted by Crippen LogP contribution is 2.28. The summed E-state index contributed by atoms with van der Waals surface area (Å²) < 4.78 is 0. The van der Waals surface area contributed by atoms with Crippen LogP contribution in [0.15, 0.2) is 18.2 Å². The number of nitrogens with one attached hydrogen (secondary N) is 2. The zero-order valence-electron chi connectivity index (χ0n) is 15.7. The molecule has 6 heteroatoms. The molecule has 0 heterocycles. The standard InChI is InChI=1S/C20H30ClN3O2/c1-3-20(4-2,13-22)19(26)24-15-10-11-17(21)16(12-15)18(25)23-14-8-6-5-7-9-14/h10-12,14H,3-9,13,22H2,1-2H3,(H,23,25)(H,24,26). The van der Waals surface area contributed by atoms with Gasteiger partial charge in [0.15, 0.2) is 0 Å². The Morgan fingerprint density at radius 1 is 1.19 bits per heavy atom. The summed E-state index contributed by atoms with van der Waals surface area (Å²) in [6, 6.07) is 5.21. The van der Waals surface area contributed by atoms with Crippen LogP contribution < -0.4 is 16.4 Å². The van der Waals surface area contributed by atoms with Crippen molar-refractivity contribution >= 4 is 29.1 Å². The molecule has 1 aliphatic carbocycles. The first-order chi connectivity index (χ1) is 12.5. The number of anilines is 1. The minimum Gasteiger partial charge on any atom is -0.349 e. The van der Waals surface area contributed by atoms with Crippen LogP contribution in [0.25, 0.3) is 0 Å². The third-order valence-electron chi connectivity index (χ3n) is 5.64. The quantitative estimate of drug-likeness (QED) is 0.666. The molecule has 2 amide bonds. The topological polar surface area (TPSA) is 84.2 Å². The van der Waals surface area contributed by atoms with Crippen LogP contribution in [0.1, 0.15) is 69.2 Å². The number of benzene rings is 1. The number of hydrogen-bond acceptors (Lipinski definition) is 3. The van der Waals surface area contributed by atoms with Gasteiger partial charge in [0.2, 0.25) is 5.91 Å². The number of nitrogens with two attached hydrogens (primary N) is 1. The lowest BCUT2D eigenvalue weighted by atomic mass is 9.81. The van der Waals surface area contributed by atoms with Crippen molar-refractivity contribution in [3.63, 3.8) is 0 Å². The van der Waals surface area contributed by atoms with Crippen LogP contribution in [0.5, 0.6) is 0 Å². The van der Waals surface area contributed by atoms with Gasteiger partial charge in [-0.2, -0.15) is 0 Å². The Labute approximate surface area is 161 Å². The van der Waals surface area contributed by atoms with Gasteiger partial charge in [0.25, 0.3) is 5.91 Å². The number of amides is 2. The molecule has 0 unspecified atom stereocenters. The molecular formula is C20H30ClN3O2. The largest absolute Gasteiger partial charge is 0.349 e. The van der Waals surface area contributed by atoms with E-state index >= 15 is 0 Å². The van der Waals surface area contributed by atoms with Crippen molar-refractivity contribution in [3.8, 4) is 0 Å². The summed E-state index contributed by atoms with van der Waals surface area (Å²) in [5.41, 5.74) is 6.20. The molecule has 2 rings (SSSR count). The van der Waals surface area contributed by atoms with Gasteiger partial charge in [0.05, 0.1) is 16.0 Å². The summed E-state index contributed by atoms with van der Waals surface area (Å²) in [4.78, 5) is 25.3. The average Bonchev–Trinajstić information content (AvgIpc) is 2.66. The third-order valence-corrected chi connectivity index (χ3v) is 5.96. The first-order valence-corrected chi connectivity index (χ1v) is 9.95. The third kappa shape index (κ3) is 4.77. The van der Waals surface area contributed by atoms with Crippen LogP contribution in [0.4, 0.5) is 5.69 Å². The van der Waals surface area contributed by atoms with Crippen molar-refractivity contribution in [1.29, 1.82) is 0 Å². The number of carbonyl (C=O) groups is 2. The van der Waals surface area contributed by atoms with E-state index in [1.165, 1.54) is 6.42 Å². The molecule has 26 heavy (non-hydrogen) atoms. The maximum atomic E-state index is 12.7. The highest BCUT2D eigenvalue weighted by Gasteiger charge is 2.33. The molecule has 0 aromatic heterocycles. The monoisotopic (exact) mass is 379 g/mol. The second kappa shape index (κ2) is 9.38. The van der Waals surface area contributed by atoms with Gasteiger partial charge >= 0.3 is 0 Å². The molecule has 1 aliphatic rings. The SMILES string of the molecule is CCC(CC)(CN)C(=O)Nc1ccc(Cl)c(C(=O)NC2CCCCC2)c1. The maximum absolute atomic E-state index is 12.7. The van der Waals surface area contributed by atoms with Crippen LogP contribution in [0.2, 0.25) is 5.02 Å². The van der Waals surface area contributed by atoms with Crippen molar-refractivity contribution in [1.82, 2.24) is 5.32 Å². The van der Waals surface area contributed by atoms with Gasteiger partial charge in [-0.3, -0.25) is 9.59 Å². The zero-order valence-corrected chi connectivity index (χ0v) is 16.5. The second-order valence-electron chi connectivity index (χ2n) is 7.15. The van der Waals surface area contributed by atoms with Gasteiger partial charge in [-0.15, -0.1) is 0 Å². The van der Waals surface area contributed by atoms with E-state index in [2.05, 4.69) is 10.6 Å². The van der Waals surface area contributed by atoms with Crippen molar-refractivity contribution in [2.24, 2.45) is 11.1 Å². The van der Waals surface area contributed by atoms with Crippen LogP contribution in [-0.4, -0.2) is 24.4 Å². The lowest BCUT2D eigenvalue weighted by Gasteiger charge is -2.28. The molecule has 144 valence electrons. The minimum atomic E-state index is -0.593. The Bertz CT molecular complexity index is 630. The molecular weight excluding hydrogens is 350 g/mol. The van der Waals surface area contributed by atoms with E-state index in [0.717, 1.165) is 25.7 Å². The molecule has 1 aromatic rings. The van der Waals surface area contributed by atoms with Gasteiger partial charge in [0, 0.05) is 18.3 Å². The van der Waals surface area contributed by atoms with Crippen LogP contribution in [-0.2, 0) is 4.79 Å². The normalized spacial score (nSPS) is 15.5. The molecule has 0 atom stereocenters. The predicted molar refractivity (Wildman–Crippen MR) is 106 cm³/mol. The Morgan fingerprint density at radius 3 is 2.42 bits per heavy atom. The molecule has 0 saturated heterocycles. The Balaban J connectivity index is 2.13. The Hall–Kier alpha value is -1.59. The van der Waals surface area contributed by atoms with E-state index in [-0.39, 0.29) is 24.4 Å². The molecule has 1 aromatic carbocycles. The Kier molecular flexibility index (Phi) is 7.47. The van der Waals surface area contributed by atoms with E-state index in [0.29, 0.717) is 29.1 Å². The van der Waals surface area contributed by atoms with Crippen LogP contribution in [0.3, 0.4) is 0 Å². The van der Waals surface area contributed by atoms with Crippen molar-refractivity contribution in [2.45, 2.75) is 64.8 Å². The van der Waals surface area contributed by atoms with E-state index in [1.807, 2.05) is 13.8 Å². The summed E-state index contributed by atoms with van der Waals surface area (Å²) in [7, 11) is 0. The lowest BCUT2D eigenvalue weighted by Crippen LogP contribution is -2.41. The number of carbonyl (C=O) groups excluding carboxylic acids is 2. The van der Waals surface area contributed by atoms with Gasteiger partial charge in [-0.1, -0.05) is 44.7 Å². The molecule has 0 aliphatic heterocycles. The molecule has 1 saturated carbocycles. The lowest BCUT2D eigenvalue weighted by molar-refractivity contribution is -0.125. The zero-order chi connectivity index (χ0) is 19.2. The first kappa shape index (κ1) is 20.7. The maximum Gasteiger partial charge on any atom is 0.253 e. The highest BCUT2D eigenvalue weighted by atomic mass is 35.5. The fourth-order valence-corrected chi connectivity index (χ4v) is 3.71. The summed E-state index contributed by atoms with van der Waals surface area (Å²) in [5, 5.41) is 6.35. The van der Waals surface area contributed by atoms with Gasteiger partial charge < -0.3 is 16.4 Å². The molecule has 0 bridgehead atoms. The van der Waals surface area contributed by atoms with Crippen molar-refractivity contribution in [2.75, 3.05) is 11.9 Å². The molecule has 1 fully saturated rings. The number of halogens is 1. The van der Waals surface area contributed by atoms with Gasteiger partial charge in [-0.25, -0.2) is 0 Å². The number of hydrogen-bond donors (Lipinski definition) is 3. The van der Waals surface area contributed by atoms with Crippen LogP contribution >= 0.6 is 11.6 Å². The van der Waals surface area contributed by atoms with Gasteiger partial charge in [-0.05, 0) is 43.9 Å². The van der Waals surface area contributed by atoms with E-state index in [4.69, 9.17) is 17.3 Å². The first-order valence-electron chi connectivity index (χ1n) is 9.57. The molecule has 4 N–H and O–H groups in total. The van der Waals surface area contributed by atoms with Crippen molar-refractivity contribution in [3.05, 3.63) is 28.8 Å². The molecule has 0 spiro atoms. The second-order valence-corrected chi connectivity index (χ2v) is 7.56. The van der Waals surface area contributed by atoms with Crippen molar-refractivity contribution < 1.29 is 9.59 Å². The summed E-state index contributed by atoms with van der Waals surface area (Å²) in [6.45, 7) is 4.20. The average molecular weight is 380 g/mol. The van der Waals surface area contributed by atoms with E-state index < -0.39 is 5.41 Å². The van der Waals surface area contributed by atoms with Gasteiger partial charge in [0.1, 0.15) is 0 Å². The fraction of sp³-hybridized carbons (Fsp3) is 0.600. The highest BCUT2D eigenvalue weighted by molar-refractivity contribution is 6.34. The summed E-state index contributed by atoms with van der Waals surface area (Å²) in [5.74, 6) is -0.306.